The molecular weight excluding hydrogens is 1650 g/mol. The summed E-state index contributed by atoms with van der Waals surface area (Å²) in [6.07, 6.45) is -29.1. The Bertz CT molecular complexity index is 3700. The van der Waals surface area contributed by atoms with Crippen LogP contribution in [-0.2, 0) is 172 Å². The standard InChI is InChI=1S/C12H12N2O3.C12H22O35S8.8Al.16H2O/c1-2-12(8-6-4-3-5-7-8)9(15)13-11(17)14-10(12)16;13-48(14,15)37-1-4-6(43-51(22,23)24)8(45-53(28,29)30)9(46-54(31,32)33)11(40-4)42-12(3-39-50(19,20)21)10(47-55(34,35)36)7(44-52(25,26)27)5(41-12)2-38-49(16,17)18;;;;;;;;;;;;;;;;;;;;;;;;/h3-7H,2H2,1H3,(H2,13,14,15,16,17);4-11H,1-3H2,(H,13,14,15)(H,16,17,18)(H,19,20,21)(H,22,23,24)(H,25,26,27)(H,28,29,30)(H,31,32,33)(H,34,35,36);;;;;;;;;16*1H2/q;;8*+3;;;;;;;;;;;;;;;;/p-24/t;4-,5-,6-,7-,8+,9-,10+,11-,12+;;;;;;;;;;;;;;;;;;;;;;;;/m.1......................../s1. The van der Waals surface area contributed by atoms with Gasteiger partial charge in [-0.1, -0.05) is 37.3 Å². The van der Waals surface area contributed by atoms with Gasteiger partial charge in [-0.15, -0.1) is 0 Å². The Morgan fingerprint density at radius 3 is 1.11 bits per heavy atom. The SMILES string of the molecule is CCC1(c2ccccc2)C(=O)NC(=O)NC1=O.O=S(=O)(OC[C@H]1O[C@@](COS(=O)(=O)[O][Al]([OH])[OH])(O[C@H]2O[C@H](COS(=O)(=O)[O][Al]([OH])[OH])[C@@H](OS(=O)(=O)[O][Al]([OH])[OH])[C@H](OS(=O)(=O)[O][Al]([OH])[OH])[C@H]2OS(=O)(=O)[O][Al]([OH])[OH])[C@@H](OS(=O)(=O)[O][Al]([OH])[OH])[C@@H]1OS(=O)(=O)[O][Al]([OH])[OH])[O][Al]([OH])[OH]. The molecule has 544 valence electrons. The van der Waals surface area contributed by atoms with E-state index in [0.29, 0.717) is 12.0 Å². The van der Waals surface area contributed by atoms with Crippen LogP contribution in [0, 0.1) is 0 Å². The predicted octanol–water partition coefficient (Wildman–Crippen LogP) is -18.7. The van der Waals surface area contributed by atoms with Crippen molar-refractivity contribution in [2.24, 2.45) is 0 Å². The zero-order valence-electron chi connectivity index (χ0n) is 45.9. The molecule has 4 amide bonds. The number of carbonyl (C=O) groups is 3. The van der Waals surface area contributed by atoms with Crippen LogP contribution in [0.15, 0.2) is 30.3 Å². The molecule has 3 aliphatic heterocycles. The number of amides is 4. The van der Waals surface area contributed by atoms with Gasteiger partial charge in [0.2, 0.25) is 17.6 Å². The second-order valence-electron chi connectivity index (χ2n) is 16.7. The van der Waals surface area contributed by atoms with Crippen molar-refractivity contribution in [3.05, 3.63) is 35.9 Å². The highest BCUT2D eigenvalue weighted by atomic mass is 32.3. The average molecular weight is 1690 g/mol. The summed E-state index contributed by atoms with van der Waals surface area (Å²) in [5.41, 5.74) is -0.722. The Labute approximate surface area is 578 Å². The molecule has 96 heavy (non-hydrogen) atoms. The molecule has 3 aliphatic rings. The minimum absolute atomic E-state index is 0.294. The number of nitrogens with one attached hydrogen (secondary N) is 2. The van der Waals surface area contributed by atoms with E-state index in [9.17, 15) is 140 Å². The third kappa shape index (κ3) is 30.0. The Kier molecular flexibility index (Phi) is 35.4. The summed E-state index contributed by atoms with van der Waals surface area (Å²) in [5, 5.41) is 4.28. The molecule has 0 aliphatic carbocycles. The number of carbonyl (C=O) groups excluding carboxylic acids is 3. The van der Waals surface area contributed by atoms with Gasteiger partial charge in [-0.3, -0.25) is 20.2 Å². The van der Waals surface area contributed by atoms with Gasteiger partial charge in [-0.2, -0.15) is 67.3 Å². The van der Waals surface area contributed by atoms with Crippen LogP contribution in [0.5, 0.6) is 0 Å². The first-order valence-corrected chi connectivity index (χ1v) is 46.2. The second-order valence-corrected chi connectivity index (χ2v) is 36.3. The van der Waals surface area contributed by atoms with Crippen molar-refractivity contribution >= 4 is 222 Å². The summed E-state index contributed by atoms with van der Waals surface area (Å²) in [6.45, 7) is -5.51. The fourth-order valence-electron chi connectivity index (χ4n) is 7.31. The lowest BCUT2D eigenvalue weighted by atomic mass is 9.75. The first-order valence-electron chi connectivity index (χ1n) is 23.5. The third-order valence-corrected chi connectivity index (χ3v) is 26.9. The fraction of sp³-hybridized carbons (Fsp3) is 0.625. The van der Waals surface area contributed by atoms with Crippen molar-refractivity contribution in [1.82, 2.24) is 10.6 Å². The molecule has 4 rings (SSSR count). The maximum absolute atomic E-state index is 13.2. The molecule has 0 saturated carbocycles. The van der Waals surface area contributed by atoms with E-state index in [1.807, 2.05) is 0 Å². The highest BCUT2D eigenvalue weighted by Crippen LogP contribution is 2.44. The molecule has 0 bridgehead atoms. The van der Waals surface area contributed by atoms with Crippen LogP contribution < -0.4 is 10.6 Å². The molecular formula is C24H42Al8N2O54S8. The predicted molar refractivity (Wildman–Crippen MR) is 281 cm³/mol. The quantitative estimate of drug-likeness (QED) is 0.0215. The number of rotatable bonds is 39. The number of ether oxygens (including phenoxy) is 3. The maximum Gasteiger partial charge on any atom is 0.917 e. The van der Waals surface area contributed by atoms with Crippen molar-refractivity contribution in [1.29, 1.82) is 0 Å². The maximum atomic E-state index is 13.2. The fourth-order valence-corrected chi connectivity index (χ4v) is 19.0. The van der Waals surface area contributed by atoms with E-state index in [0.717, 1.165) is 0 Å². The van der Waals surface area contributed by atoms with Crippen molar-refractivity contribution in [2.75, 3.05) is 19.8 Å². The van der Waals surface area contributed by atoms with Crippen LogP contribution in [0.2, 0.25) is 0 Å². The van der Waals surface area contributed by atoms with E-state index in [-0.39, 0.29) is 0 Å². The lowest BCUT2D eigenvalue weighted by Gasteiger charge is -2.46. The molecule has 3 fully saturated rings. The van der Waals surface area contributed by atoms with Crippen LogP contribution in [0.25, 0.3) is 0 Å². The molecule has 0 spiro atoms. The first-order chi connectivity index (χ1) is 43.6. The monoisotopic (exact) mass is 1690 g/mol. The van der Waals surface area contributed by atoms with Crippen LogP contribution >= 0.6 is 0 Å². The second kappa shape index (κ2) is 37.5. The molecule has 3 saturated heterocycles. The van der Waals surface area contributed by atoms with Crippen LogP contribution in [0.4, 0.5) is 4.79 Å². The van der Waals surface area contributed by atoms with E-state index in [1.54, 1.807) is 37.3 Å². The third-order valence-electron chi connectivity index (χ3n) is 10.3. The van der Waals surface area contributed by atoms with Crippen molar-refractivity contribution in [3.63, 3.8) is 0 Å². The molecule has 72 heteroatoms. The number of barbiturate groups is 1. The summed E-state index contributed by atoms with van der Waals surface area (Å²) in [7, 11) is -50.7. The number of urea groups is 1. The minimum atomic E-state index is -6.58. The largest absolute Gasteiger partial charge is 0.917 e. The summed E-state index contributed by atoms with van der Waals surface area (Å²) >= 11 is -40.5. The number of imide groups is 2. The zero-order valence-corrected chi connectivity index (χ0v) is 61.7. The highest BCUT2D eigenvalue weighted by Gasteiger charge is 2.67. The summed E-state index contributed by atoms with van der Waals surface area (Å²) < 4.78 is 437. The number of hydrogen-bond acceptors (Lipinski definition) is 54. The lowest BCUT2D eigenvalue weighted by Crippen LogP contribution is -2.66. The van der Waals surface area contributed by atoms with E-state index in [4.69, 9.17) is 22.5 Å². The Balaban J connectivity index is 0.00000121. The van der Waals surface area contributed by atoms with Crippen molar-refractivity contribution < 1.29 is 222 Å². The molecule has 1 aromatic carbocycles. The molecule has 0 radical (unpaired) electrons. The topological polar surface area (TPSA) is 847 Å². The molecule has 18 N–H and O–H groups in total. The lowest BCUT2D eigenvalue weighted by molar-refractivity contribution is -0.374. The summed E-state index contributed by atoms with van der Waals surface area (Å²) in [6, 6.07) is 7.96. The summed E-state index contributed by atoms with van der Waals surface area (Å²) in [5.74, 6) is -5.74. The Hall–Kier alpha value is 0.290. The van der Waals surface area contributed by atoms with Gasteiger partial charge in [-0.05, 0) is 12.0 Å². The van der Waals surface area contributed by atoms with Gasteiger partial charge in [0, 0.05) is 0 Å². The van der Waals surface area contributed by atoms with E-state index >= 15 is 0 Å². The molecule has 1 aromatic rings. The van der Waals surface area contributed by atoms with Gasteiger partial charge in [0.1, 0.15) is 37.1 Å². The molecule has 0 aromatic heterocycles. The van der Waals surface area contributed by atoms with Gasteiger partial charge >= 0.3 is 210 Å². The van der Waals surface area contributed by atoms with Crippen LogP contribution in [0.3, 0.4) is 0 Å². The highest BCUT2D eigenvalue weighted by molar-refractivity contribution is 7.84. The molecule has 56 nitrogen and oxygen atoms in total. The smallest absolute Gasteiger partial charge is 0.468 e. The Morgan fingerprint density at radius 2 is 0.740 bits per heavy atom. The van der Waals surface area contributed by atoms with Crippen LogP contribution in [0.1, 0.15) is 18.9 Å². The summed E-state index contributed by atoms with van der Waals surface area (Å²) in [4.78, 5) is 35.0. The van der Waals surface area contributed by atoms with Gasteiger partial charge in [-0.25, -0.2) is 38.3 Å². The molecule has 9 atom stereocenters. The van der Waals surface area contributed by atoms with Gasteiger partial charge in [0.05, 0.1) is 13.2 Å². The molecule has 3 heterocycles. The molecule has 0 unspecified atom stereocenters. The first kappa shape index (κ1) is 90.5. The van der Waals surface area contributed by atoms with Crippen molar-refractivity contribution in [3.8, 4) is 0 Å². The van der Waals surface area contributed by atoms with E-state index in [1.165, 1.54) is 0 Å². The van der Waals surface area contributed by atoms with Gasteiger partial charge < -0.3 is 107 Å². The van der Waals surface area contributed by atoms with Crippen LogP contribution in [-0.4, -0.2) is 348 Å². The Morgan fingerprint density at radius 1 is 0.417 bits per heavy atom. The number of hydrogen-bond donors (Lipinski definition) is 18. The number of benzene rings is 1. The van der Waals surface area contributed by atoms with Gasteiger partial charge in [0.25, 0.3) is 0 Å². The van der Waals surface area contributed by atoms with Crippen molar-refractivity contribution in [2.45, 2.75) is 73.6 Å². The van der Waals surface area contributed by atoms with E-state index in [2.05, 4.69) is 70.0 Å². The van der Waals surface area contributed by atoms with E-state index < -0.39 is 302 Å². The minimum Gasteiger partial charge on any atom is -0.468 e. The zero-order chi connectivity index (χ0) is 73.8. The normalized spacial score (nSPS) is 23.6. The average Bonchev–Trinajstić information content (AvgIpc) is 1.48. The van der Waals surface area contributed by atoms with Gasteiger partial charge in [0.15, 0.2) is 23.9 Å².